The second-order valence-corrected chi connectivity index (χ2v) is 15.0. The van der Waals surface area contributed by atoms with Gasteiger partial charge in [0.15, 0.2) is 0 Å². The minimum absolute atomic E-state index is 0.215. The summed E-state index contributed by atoms with van der Waals surface area (Å²) in [6.07, 6.45) is -1.70. The monoisotopic (exact) mass is 736 g/mol. The first-order valence-corrected chi connectivity index (χ1v) is 17.9. The van der Waals surface area contributed by atoms with Crippen molar-refractivity contribution in [3.63, 3.8) is 0 Å². The van der Waals surface area contributed by atoms with Crippen LogP contribution in [0.5, 0.6) is 34.5 Å². The van der Waals surface area contributed by atoms with Crippen LogP contribution in [-0.4, -0.2) is 22.5 Å². The molecule has 6 aromatic carbocycles. The molecule has 0 bridgehead atoms. The Labute approximate surface area is 321 Å². The van der Waals surface area contributed by atoms with Crippen LogP contribution in [-0.2, 0) is 16.2 Å². The summed E-state index contributed by atoms with van der Waals surface area (Å²) in [5.41, 5.74) is 5.01. The van der Waals surface area contributed by atoms with Gasteiger partial charge in [-0.15, -0.1) is 0 Å². The zero-order valence-corrected chi connectivity index (χ0v) is 31.7. The highest BCUT2D eigenvalue weighted by atomic mass is 16.7. The lowest BCUT2D eigenvalue weighted by atomic mass is 9.78. The fraction of sp³-hybridized carbons (Fsp3) is 0.191. The first kappa shape index (κ1) is 38.2. The molecular weight excluding hydrogens is 693 g/mol. The molecule has 0 aliphatic rings. The maximum atomic E-state index is 12.6. The number of aromatic hydroxyl groups is 2. The molecule has 0 aliphatic carbocycles. The third-order valence-corrected chi connectivity index (χ3v) is 10.3. The molecule has 0 aliphatic heterocycles. The number of rotatable bonds is 10. The van der Waals surface area contributed by atoms with Gasteiger partial charge in [0.2, 0.25) is 0 Å². The van der Waals surface area contributed by atoms with E-state index in [-0.39, 0.29) is 22.3 Å². The van der Waals surface area contributed by atoms with Crippen LogP contribution in [0.2, 0.25) is 0 Å². The summed E-state index contributed by atoms with van der Waals surface area (Å²) in [6, 6.07) is 43.2. The molecule has 8 nitrogen and oxygen atoms in total. The Kier molecular flexibility index (Phi) is 10.7. The van der Waals surface area contributed by atoms with Crippen molar-refractivity contribution in [1.29, 1.82) is 0 Å². The van der Waals surface area contributed by atoms with E-state index in [0.717, 1.165) is 33.4 Å². The maximum absolute atomic E-state index is 12.6. The molecule has 0 amide bonds. The third-order valence-electron chi connectivity index (χ3n) is 10.3. The predicted octanol–water partition coefficient (Wildman–Crippen LogP) is 11.2. The van der Waals surface area contributed by atoms with E-state index in [1.54, 1.807) is 72.8 Å². The highest BCUT2D eigenvalue weighted by Crippen LogP contribution is 2.36. The van der Waals surface area contributed by atoms with Crippen molar-refractivity contribution in [2.24, 2.45) is 0 Å². The Morgan fingerprint density at radius 3 is 0.673 bits per heavy atom. The van der Waals surface area contributed by atoms with Crippen LogP contribution in [0.15, 0.2) is 146 Å². The minimum atomic E-state index is -0.849. The van der Waals surface area contributed by atoms with E-state index in [2.05, 4.69) is 41.5 Å². The lowest BCUT2D eigenvalue weighted by Gasteiger charge is -2.26. The van der Waals surface area contributed by atoms with Gasteiger partial charge >= 0.3 is 12.3 Å². The first-order valence-electron chi connectivity index (χ1n) is 17.9. The van der Waals surface area contributed by atoms with Gasteiger partial charge in [-0.2, -0.15) is 0 Å². The van der Waals surface area contributed by atoms with E-state index >= 15 is 0 Å². The van der Waals surface area contributed by atoms with Crippen LogP contribution in [0.3, 0.4) is 0 Å². The smallest absolute Gasteiger partial charge is 0.508 e. The van der Waals surface area contributed by atoms with Gasteiger partial charge in [-0.1, -0.05) is 114 Å². The molecule has 6 aromatic rings. The normalized spacial score (nSPS) is 11.7. The van der Waals surface area contributed by atoms with Crippen molar-refractivity contribution in [3.05, 3.63) is 179 Å². The summed E-state index contributed by atoms with van der Waals surface area (Å²) in [7, 11) is 0. The molecule has 0 unspecified atom stereocenters. The Bertz CT molecular complexity index is 2070. The Morgan fingerprint density at radius 1 is 0.327 bits per heavy atom. The summed E-state index contributed by atoms with van der Waals surface area (Å²) in [5, 5.41) is 19.3. The van der Waals surface area contributed by atoms with Gasteiger partial charge < -0.3 is 29.2 Å². The molecule has 0 saturated heterocycles. The number of carbonyl (C=O) groups is 2. The SMILES string of the molecule is CC(C)(c1ccc(O)cc1)c1ccc(OC(=O)Oc2ccc(C(C)(C)c3ccc(OC(=O)Oc4ccc(C(C)(C)c5ccc(O)cc5)cc4)cc3)cc2)cc1. The molecule has 6 rings (SSSR count). The number of phenolic OH excluding ortho intramolecular Hbond substituents is 2. The average Bonchev–Trinajstić information content (AvgIpc) is 3.16. The highest BCUT2D eigenvalue weighted by molar-refractivity contribution is 5.68. The molecule has 2 N–H and O–H groups in total. The van der Waals surface area contributed by atoms with Crippen molar-refractivity contribution >= 4 is 12.3 Å². The van der Waals surface area contributed by atoms with Crippen LogP contribution < -0.4 is 18.9 Å². The van der Waals surface area contributed by atoms with Crippen molar-refractivity contribution in [2.45, 2.75) is 57.8 Å². The van der Waals surface area contributed by atoms with Crippen molar-refractivity contribution in [3.8, 4) is 34.5 Å². The Balaban J connectivity index is 1.01. The van der Waals surface area contributed by atoms with Gasteiger partial charge in [-0.05, 0) is 106 Å². The standard InChI is InChI=1S/C47H44O8/c1-45(2,31-7-19-37(48)20-8-31)33-11-23-39(24-12-33)52-43(50)54-41-27-15-35(16-28-41)47(5,6)36-17-29-42(30-18-36)55-44(51)53-40-25-13-34(14-26-40)46(3,4)32-9-21-38(49)22-10-32/h7-30,48-49H,1-6H3. The molecule has 8 heteroatoms. The summed E-state index contributed by atoms with van der Waals surface area (Å²) in [4.78, 5) is 25.2. The minimum Gasteiger partial charge on any atom is -0.508 e. The molecule has 55 heavy (non-hydrogen) atoms. The Hall–Kier alpha value is -6.54. The maximum Gasteiger partial charge on any atom is 0.519 e. The van der Waals surface area contributed by atoms with Gasteiger partial charge in [0.1, 0.15) is 34.5 Å². The second-order valence-electron chi connectivity index (χ2n) is 15.0. The van der Waals surface area contributed by atoms with Gasteiger partial charge in [-0.3, -0.25) is 0 Å². The zero-order chi connectivity index (χ0) is 39.4. The van der Waals surface area contributed by atoms with Crippen LogP contribution in [0, 0.1) is 0 Å². The topological polar surface area (TPSA) is 112 Å². The fourth-order valence-corrected chi connectivity index (χ4v) is 6.44. The number of hydrogen-bond acceptors (Lipinski definition) is 8. The lowest BCUT2D eigenvalue weighted by Crippen LogP contribution is -2.20. The largest absolute Gasteiger partial charge is 0.519 e. The van der Waals surface area contributed by atoms with E-state index in [4.69, 9.17) is 18.9 Å². The quantitative estimate of drug-likeness (QED) is 0.106. The molecular formula is C47H44O8. The van der Waals surface area contributed by atoms with Gasteiger partial charge in [0.05, 0.1) is 0 Å². The number of carbonyl (C=O) groups excluding carboxylic acids is 2. The molecule has 0 fully saturated rings. The summed E-state index contributed by atoms with van der Waals surface area (Å²) >= 11 is 0. The molecule has 0 spiro atoms. The number of benzene rings is 6. The van der Waals surface area contributed by atoms with Crippen molar-refractivity contribution in [1.82, 2.24) is 0 Å². The van der Waals surface area contributed by atoms with Gasteiger partial charge in [-0.25, -0.2) is 9.59 Å². The number of ether oxygens (including phenoxy) is 4. The second kappa shape index (κ2) is 15.4. The lowest BCUT2D eigenvalue weighted by molar-refractivity contribution is 0.150. The molecule has 0 atom stereocenters. The van der Waals surface area contributed by atoms with Gasteiger partial charge in [0, 0.05) is 16.2 Å². The summed E-state index contributed by atoms with van der Waals surface area (Å²) < 4.78 is 21.8. The molecule has 0 aromatic heterocycles. The fourth-order valence-electron chi connectivity index (χ4n) is 6.44. The molecule has 0 saturated carbocycles. The van der Waals surface area contributed by atoms with E-state index in [9.17, 15) is 19.8 Å². The number of phenols is 2. The van der Waals surface area contributed by atoms with Crippen LogP contribution >= 0.6 is 0 Å². The van der Waals surface area contributed by atoms with Crippen molar-refractivity contribution in [2.75, 3.05) is 0 Å². The molecule has 280 valence electrons. The van der Waals surface area contributed by atoms with E-state index in [1.807, 2.05) is 72.8 Å². The number of hydrogen-bond donors (Lipinski definition) is 2. The predicted molar refractivity (Wildman–Crippen MR) is 212 cm³/mol. The highest BCUT2D eigenvalue weighted by Gasteiger charge is 2.26. The molecule has 0 radical (unpaired) electrons. The van der Waals surface area contributed by atoms with E-state index in [0.29, 0.717) is 23.0 Å². The zero-order valence-electron chi connectivity index (χ0n) is 31.7. The van der Waals surface area contributed by atoms with Crippen molar-refractivity contribution < 1.29 is 38.7 Å². The van der Waals surface area contributed by atoms with Crippen LogP contribution in [0.1, 0.15) is 74.9 Å². The average molecular weight is 737 g/mol. The third kappa shape index (κ3) is 8.82. The van der Waals surface area contributed by atoms with E-state index in [1.165, 1.54) is 0 Å². The van der Waals surface area contributed by atoms with Crippen LogP contribution in [0.4, 0.5) is 9.59 Å². The first-order chi connectivity index (χ1) is 26.1. The summed E-state index contributed by atoms with van der Waals surface area (Å²) in [5.74, 6) is 1.82. The Morgan fingerprint density at radius 2 is 0.491 bits per heavy atom. The van der Waals surface area contributed by atoms with E-state index < -0.39 is 17.7 Å². The molecule has 0 heterocycles. The summed E-state index contributed by atoms with van der Waals surface area (Å²) in [6.45, 7) is 12.5. The van der Waals surface area contributed by atoms with Gasteiger partial charge in [0.25, 0.3) is 0 Å². The van der Waals surface area contributed by atoms with Crippen LogP contribution in [0.25, 0.3) is 0 Å².